The lowest BCUT2D eigenvalue weighted by Gasteiger charge is -2.09. The Labute approximate surface area is 167 Å². The van der Waals surface area contributed by atoms with Crippen LogP contribution < -0.4 is 14.8 Å². The molecule has 0 unspecified atom stereocenters. The van der Waals surface area contributed by atoms with Crippen molar-refractivity contribution in [2.45, 2.75) is 11.8 Å². The van der Waals surface area contributed by atoms with Crippen molar-refractivity contribution in [1.82, 2.24) is 4.72 Å². The molecule has 2 aromatic rings. The number of hydrogen-bond donors (Lipinski definition) is 2. The predicted octanol–water partition coefficient (Wildman–Crippen LogP) is 2.20. The molecule has 0 bridgehead atoms. The van der Waals surface area contributed by atoms with Crippen molar-refractivity contribution in [2.75, 3.05) is 25.1 Å². The monoisotopic (exact) mass is 426 g/mol. The van der Waals surface area contributed by atoms with Crippen LogP contribution >= 0.6 is 11.6 Å². The summed E-state index contributed by atoms with van der Waals surface area (Å²) in [5.74, 6) is -0.476. The summed E-state index contributed by atoms with van der Waals surface area (Å²) >= 11 is 5.82. The summed E-state index contributed by atoms with van der Waals surface area (Å²) in [4.78, 5) is 22.6. The molecule has 2 rings (SSSR count). The van der Waals surface area contributed by atoms with Crippen LogP contribution in [0, 0.1) is 0 Å². The van der Waals surface area contributed by atoms with Gasteiger partial charge in [0.05, 0.1) is 4.90 Å². The van der Waals surface area contributed by atoms with E-state index in [1.54, 1.807) is 24.3 Å². The SMILES string of the molecule is CC(=O)Nc1ccc(S(=O)(=O)NCC(=O)OCCOc2cccc(Cl)c2)cc1. The van der Waals surface area contributed by atoms with Crippen LogP contribution in [0.1, 0.15) is 6.92 Å². The molecule has 10 heteroatoms. The van der Waals surface area contributed by atoms with Crippen LogP contribution in [0.2, 0.25) is 5.02 Å². The molecule has 0 saturated heterocycles. The Hall–Kier alpha value is -2.62. The lowest BCUT2D eigenvalue weighted by atomic mass is 10.3. The fourth-order valence-electron chi connectivity index (χ4n) is 2.08. The highest BCUT2D eigenvalue weighted by Gasteiger charge is 2.16. The van der Waals surface area contributed by atoms with Gasteiger partial charge in [-0.05, 0) is 42.5 Å². The summed E-state index contributed by atoms with van der Waals surface area (Å²) in [6.45, 7) is 0.882. The zero-order valence-corrected chi connectivity index (χ0v) is 16.5. The second-order valence-corrected chi connectivity index (χ2v) is 7.76. The molecule has 0 radical (unpaired) electrons. The Morgan fingerprint density at radius 1 is 1.07 bits per heavy atom. The second kappa shape index (κ2) is 10.1. The molecule has 0 spiro atoms. The molecule has 1 amide bonds. The molecular weight excluding hydrogens is 408 g/mol. The van der Waals surface area contributed by atoms with E-state index >= 15 is 0 Å². The summed E-state index contributed by atoms with van der Waals surface area (Å²) in [7, 11) is -3.89. The van der Waals surface area contributed by atoms with Crippen molar-refractivity contribution in [1.29, 1.82) is 0 Å². The quantitative estimate of drug-likeness (QED) is 0.469. The molecule has 2 N–H and O–H groups in total. The molecule has 8 nitrogen and oxygen atoms in total. The Bertz CT molecular complexity index is 931. The molecule has 0 saturated carbocycles. The number of carbonyl (C=O) groups excluding carboxylic acids is 2. The van der Waals surface area contributed by atoms with Crippen molar-refractivity contribution >= 4 is 39.2 Å². The molecule has 0 aromatic heterocycles. The van der Waals surface area contributed by atoms with E-state index < -0.39 is 22.5 Å². The van der Waals surface area contributed by atoms with Crippen LogP contribution in [0.5, 0.6) is 5.75 Å². The molecule has 150 valence electrons. The first kappa shape index (κ1) is 21.7. The first-order valence-electron chi connectivity index (χ1n) is 8.17. The van der Waals surface area contributed by atoms with Gasteiger partial charge in [-0.25, -0.2) is 8.42 Å². The van der Waals surface area contributed by atoms with Gasteiger partial charge < -0.3 is 14.8 Å². The fourth-order valence-corrected chi connectivity index (χ4v) is 3.23. The summed E-state index contributed by atoms with van der Waals surface area (Å²) in [6, 6.07) is 12.3. The number of anilines is 1. The average molecular weight is 427 g/mol. The van der Waals surface area contributed by atoms with Gasteiger partial charge in [0.1, 0.15) is 25.5 Å². The minimum Gasteiger partial charge on any atom is -0.490 e. The van der Waals surface area contributed by atoms with E-state index in [0.717, 1.165) is 0 Å². The Balaban J connectivity index is 1.75. The van der Waals surface area contributed by atoms with E-state index in [-0.39, 0.29) is 24.0 Å². The maximum Gasteiger partial charge on any atom is 0.321 e. The lowest BCUT2D eigenvalue weighted by molar-refractivity contribution is -0.142. The normalized spacial score (nSPS) is 10.9. The number of carbonyl (C=O) groups is 2. The summed E-state index contributed by atoms with van der Waals surface area (Å²) in [6.07, 6.45) is 0. The zero-order valence-electron chi connectivity index (χ0n) is 15.0. The Morgan fingerprint density at radius 3 is 2.43 bits per heavy atom. The minimum atomic E-state index is -3.89. The fraction of sp³-hybridized carbons (Fsp3) is 0.222. The number of hydrogen-bond acceptors (Lipinski definition) is 6. The van der Waals surface area contributed by atoms with E-state index in [1.165, 1.54) is 31.2 Å². The number of benzene rings is 2. The van der Waals surface area contributed by atoms with Crippen LogP contribution in [-0.4, -0.2) is 40.1 Å². The number of sulfonamides is 1. The predicted molar refractivity (Wildman–Crippen MR) is 104 cm³/mol. The summed E-state index contributed by atoms with van der Waals surface area (Å²) in [5.41, 5.74) is 0.463. The van der Waals surface area contributed by atoms with E-state index in [0.29, 0.717) is 16.5 Å². The number of nitrogens with one attached hydrogen (secondary N) is 2. The third-order valence-corrected chi connectivity index (χ3v) is 4.95. The average Bonchev–Trinajstić information content (AvgIpc) is 2.64. The van der Waals surface area contributed by atoms with E-state index in [4.69, 9.17) is 21.1 Å². The van der Waals surface area contributed by atoms with Crippen LogP contribution in [0.4, 0.5) is 5.69 Å². The van der Waals surface area contributed by atoms with Gasteiger partial charge in [-0.2, -0.15) is 4.72 Å². The van der Waals surface area contributed by atoms with Crippen LogP contribution in [0.3, 0.4) is 0 Å². The standard InChI is InChI=1S/C18H19ClN2O6S/c1-13(22)21-15-5-7-17(8-6-15)28(24,25)20-12-18(23)27-10-9-26-16-4-2-3-14(19)11-16/h2-8,11,20H,9-10,12H2,1H3,(H,21,22). The van der Waals surface area contributed by atoms with E-state index in [1.807, 2.05) is 0 Å². The van der Waals surface area contributed by atoms with Crippen LogP contribution in [0.15, 0.2) is 53.4 Å². The highest BCUT2D eigenvalue weighted by atomic mass is 35.5. The number of amides is 1. The number of ether oxygens (including phenoxy) is 2. The second-order valence-electron chi connectivity index (χ2n) is 5.56. The third kappa shape index (κ3) is 7.18. The van der Waals surface area contributed by atoms with Crippen molar-refractivity contribution in [2.24, 2.45) is 0 Å². The molecule has 2 aromatic carbocycles. The van der Waals surface area contributed by atoms with Gasteiger partial charge in [0.25, 0.3) is 0 Å². The first-order chi connectivity index (χ1) is 13.3. The zero-order chi connectivity index (χ0) is 20.6. The molecule has 28 heavy (non-hydrogen) atoms. The molecule has 0 atom stereocenters. The maximum absolute atomic E-state index is 12.2. The van der Waals surface area contributed by atoms with E-state index in [9.17, 15) is 18.0 Å². The molecule has 0 aliphatic rings. The molecular formula is C18H19ClN2O6S. The van der Waals surface area contributed by atoms with Gasteiger partial charge in [0, 0.05) is 17.6 Å². The highest BCUT2D eigenvalue weighted by Crippen LogP contribution is 2.17. The van der Waals surface area contributed by atoms with Gasteiger partial charge in [-0.3, -0.25) is 9.59 Å². The molecule has 0 aliphatic carbocycles. The van der Waals surface area contributed by atoms with Crippen molar-refractivity contribution in [3.8, 4) is 5.75 Å². The van der Waals surface area contributed by atoms with Gasteiger partial charge in [-0.1, -0.05) is 17.7 Å². The molecule has 0 fully saturated rings. The number of esters is 1. The topological polar surface area (TPSA) is 111 Å². The van der Waals surface area contributed by atoms with Crippen molar-refractivity contribution in [3.05, 3.63) is 53.6 Å². The van der Waals surface area contributed by atoms with Crippen LogP contribution in [0.25, 0.3) is 0 Å². The van der Waals surface area contributed by atoms with Gasteiger partial charge in [-0.15, -0.1) is 0 Å². The van der Waals surface area contributed by atoms with Gasteiger partial charge in [0.2, 0.25) is 15.9 Å². The van der Waals surface area contributed by atoms with E-state index in [2.05, 4.69) is 10.0 Å². The van der Waals surface area contributed by atoms with Crippen LogP contribution in [-0.2, 0) is 24.3 Å². The molecule has 0 heterocycles. The Kier molecular flexibility index (Phi) is 7.80. The smallest absolute Gasteiger partial charge is 0.321 e. The molecule has 0 aliphatic heterocycles. The van der Waals surface area contributed by atoms with Gasteiger partial charge >= 0.3 is 5.97 Å². The van der Waals surface area contributed by atoms with Gasteiger partial charge in [0.15, 0.2) is 0 Å². The Morgan fingerprint density at radius 2 is 1.79 bits per heavy atom. The lowest BCUT2D eigenvalue weighted by Crippen LogP contribution is -2.31. The maximum atomic E-state index is 12.2. The minimum absolute atomic E-state index is 0.0429. The summed E-state index contributed by atoms with van der Waals surface area (Å²) < 4.78 is 36.8. The van der Waals surface area contributed by atoms with Crippen molar-refractivity contribution in [3.63, 3.8) is 0 Å². The summed E-state index contributed by atoms with van der Waals surface area (Å²) in [5, 5.41) is 3.05. The number of rotatable bonds is 9. The first-order valence-corrected chi connectivity index (χ1v) is 10.0. The van der Waals surface area contributed by atoms with Crippen molar-refractivity contribution < 1.29 is 27.5 Å². The highest BCUT2D eigenvalue weighted by molar-refractivity contribution is 7.89. The third-order valence-electron chi connectivity index (χ3n) is 3.30. The number of halogens is 1. The largest absolute Gasteiger partial charge is 0.490 e.